The van der Waals surface area contributed by atoms with Crippen LogP contribution >= 0.6 is 33.9 Å². The third-order valence-corrected chi connectivity index (χ3v) is 5.58. The Kier molecular flexibility index (Phi) is 5.70. The molecule has 3 aromatic rings. The molecule has 0 spiro atoms. The van der Waals surface area contributed by atoms with E-state index in [0.717, 1.165) is 20.0 Å². The number of ether oxygens (including phenoxy) is 1. The van der Waals surface area contributed by atoms with Crippen molar-refractivity contribution in [2.75, 3.05) is 5.32 Å². The minimum Gasteiger partial charge on any atom is -0.487 e. The summed E-state index contributed by atoms with van der Waals surface area (Å²) in [5.74, 6) is 0.577. The number of benzene rings is 2. The van der Waals surface area contributed by atoms with Crippen molar-refractivity contribution in [3.05, 3.63) is 73.2 Å². The highest BCUT2D eigenvalue weighted by molar-refractivity contribution is 14.1. The minimum absolute atomic E-state index is 0.138. The molecule has 0 radical (unpaired) electrons. The molecule has 3 rings (SSSR count). The Balaban J connectivity index is 1.60. The second-order valence-corrected chi connectivity index (χ2v) is 7.81. The molecule has 128 valence electrons. The van der Waals surface area contributed by atoms with Crippen LogP contribution < -0.4 is 10.1 Å². The van der Waals surface area contributed by atoms with Gasteiger partial charge in [-0.25, -0.2) is 4.98 Å². The number of rotatable bonds is 5. The normalized spacial score (nSPS) is 10.5. The molecule has 6 heteroatoms. The molecule has 1 N–H and O–H groups in total. The number of nitrogens with zero attached hydrogens (tertiary/aromatic N) is 1. The van der Waals surface area contributed by atoms with E-state index < -0.39 is 0 Å². The highest BCUT2D eigenvalue weighted by Crippen LogP contribution is 2.19. The van der Waals surface area contributed by atoms with Crippen LogP contribution in [0.5, 0.6) is 5.75 Å². The van der Waals surface area contributed by atoms with Gasteiger partial charge < -0.3 is 10.1 Å². The maximum absolute atomic E-state index is 12.3. The number of halogens is 1. The maximum atomic E-state index is 12.3. The Morgan fingerprint density at radius 1 is 1.20 bits per heavy atom. The van der Waals surface area contributed by atoms with Gasteiger partial charge in [-0.05, 0) is 78.4 Å². The molecule has 25 heavy (non-hydrogen) atoms. The lowest BCUT2D eigenvalue weighted by Crippen LogP contribution is -2.12. The summed E-state index contributed by atoms with van der Waals surface area (Å²) in [6.45, 7) is 4.44. The summed E-state index contributed by atoms with van der Waals surface area (Å²) < 4.78 is 6.82. The van der Waals surface area contributed by atoms with E-state index in [0.29, 0.717) is 17.9 Å². The van der Waals surface area contributed by atoms with E-state index >= 15 is 0 Å². The van der Waals surface area contributed by atoms with Gasteiger partial charge in [0.15, 0.2) is 0 Å². The fourth-order valence-corrected chi connectivity index (χ4v) is 3.32. The van der Waals surface area contributed by atoms with Crippen LogP contribution in [0.25, 0.3) is 0 Å². The minimum atomic E-state index is -0.138. The van der Waals surface area contributed by atoms with E-state index in [4.69, 9.17) is 4.74 Å². The molecule has 0 fully saturated rings. The Morgan fingerprint density at radius 3 is 2.60 bits per heavy atom. The molecule has 2 aromatic carbocycles. The van der Waals surface area contributed by atoms with Crippen LogP contribution in [0.1, 0.15) is 26.6 Å². The average molecular weight is 464 g/mol. The van der Waals surface area contributed by atoms with E-state index in [2.05, 4.69) is 32.9 Å². The van der Waals surface area contributed by atoms with Crippen LogP contribution in [0, 0.1) is 17.4 Å². The van der Waals surface area contributed by atoms with E-state index in [-0.39, 0.29) is 5.91 Å². The number of nitrogens with one attached hydrogen (secondary N) is 1. The predicted octanol–water partition coefficient (Wildman–Crippen LogP) is 5.20. The van der Waals surface area contributed by atoms with Crippen molar-refractivity contribution in [3.63, 3.8) is 0 Å². The van der Waals surface area contributed by atoms with Gasteiger partial charge in [-0.3, -0.25) is 4.79 Å². The first-order valence-corrected chi connectivity index (χ1v) is 9.68. The first kappa shape index (κ1) is 17.9. The van der Waals surface area contributed by atoms with E-state index in [9.17, 15) is 4.79 Å². The van der Waals surface area contributed by atoms with E-state index in [1.165, 1.54) is 5.56 Å². The topological polar surface area (TPSA) is 51.2 Å². The Hall–Kier alpha value is -1.93. The third kappa shape index (κ3) is 4.79. The van der Waals surface area contributed by atoms with E-state index in [1.807, 2.05) is 37.4 Å². The molecule has 1 amide bonds. The number of carbonyl (C=O) groups excluding carboxylic acids is 1. The molecular weight excluding hydrogens is 447 g/mol. The van der Waals surface area contributed by atoms with Crippen molar-refractivity contribution in [2.45, 2.75) is 20.5 Å². The first-order chi connectivity index (χ1) is 12.0. The van der Waals surface area contributed by atoms with Crippen molar-refractivity contribution in [1.29, 1.82) is 0 Å². The standard InChI is InChI=1S/C19H17IN2O2S/c1-12-3-6-15(9-18(12)20)22-19(23)14-4-7-17(8-5-14)24-10-16-11-25-13(2)21-16/h3-9,11H,10H2,1-2H3,(H,22,23). The number of anilines is 1. The second kappa shape index (κ2) is 7.97. The van der Waals surface area contributed by atoms with Crippen LogP contribution in [0.4, 0.5) is 5.69 Å². The zero-order valence-electron chi connectivity index (χ0n) is 13.9. The SMILES string of the molecule is Cc1nc(COc2ccc(C(=O)Nc3ccc(C)c(I)c3)cc2)cs1. The van der Waals surface area contributed by atoms with E-state index in [1.54, 1.807) is 35.6 Å². The van der Waals surface area contributed by atoms with Gasteiger partial charge in [-0.2, -0.15) is 0 Å². The molecule has 0 aliphatic carbocycles. The maximum Gasteiger partial charge on any atom is 0.255 e. The number of aryl methyl sites for hydroxylation is 2. The Bertz CT molecular complexity index is 891. The molecule has 0 saturated heterocycles. The van der Waals surface area contributed by atoms with Crippen LogP contribution in [-0.2, 0) is 6.61 Å². The number of carbonyl (C=O) groups is 1. The fourth-order valence-electron chi connectivity index (χ4n) is 2.21. The number of aromatic nitrogens is 1. The smallest absolute Gasteiger partial charge is 0.255 e. The summed E-state index contributed by atoms with van der Waals surface area (Å²) in [4.78, 5) is 16.7. The number of thiazole rings is 1. The molecule has 1 aromatic heterocycles. The zero-order valence-corrected chi connectivity index (χ0v) is 16.8. The lowest BCUT2D eigenvalue weighted by atomic mass is 10.2. The average Bonchev–Trinajstić information content (AvgIpc) is 3.02. The van der Waals surface area contributed by atoms with Crippen molar-refractivity contribution < 1.29 is 9.53 Å². The summed E-state index contributed by atoms with van der Waals surface area (Å²) in [6.07, 6.45) is 0. The highest BCUT2D eigenvalue weighted by atomic mass is 127. The van der Waals surface area contributed by atoms with Crippen LogP contribution in [-0.4, -0.2) is 10.9 Å². The monoisotopic (exact) mass is 464 g/mol. The Labute approximate surface area is 164 Å². The lowest BCUT2D eigenvalue weighted by Gasteiger charge is -2.08. The van der Waals surface area contributed by atoms with Gasteiger partial charge in [0.05, 0.1) is 10.7 Å². The molecule has 0 bridgehead atoms. The van der Waals surface area contributed by atoms with Crippen LogP contribution in [0.3, 0.4) is 0 Å². The van der Waals surface area contributed by atoms with Crippen molar-refractivity contribution in [1.82, 2.24) is 4.98 Å². The molecule has 0 atom stereocenters. The lowest BCUT2D eigenvalue weighted by molar-refractivity contribution is 0.102. The van der Waals surface area contributed by atoms with Gasteiger partial charge in [0, 0.05) is 20.2 Å². The summed E-state index contributed by atoms with van der Waals surface area (Å²) in [7, 11) is 0. The quantitative estimate of drug-likeness (QED) is 0.529. The van der Waals surface area contributed by atoms with Crippen LogP contribution in [0.15, 0.2) is 47.8 Å². The van der Waals surface area contributed by atoms with Crippen molar-refractivity contribution >= 4 is 45.5 Å². The van der Waals surface area contributed by atoms with Crippen molar-refractivity contribution in [2.24, 2.45) is 0 Å². The Morgan fingerprint density at radius 2 is 1.96 bits per heavy atom. The summed E-state index contributed by atoms with van der Waals surface area (Å²) in [5.41, 5.74) is 3.49. The van der Waals surface area contributed by atoms with Gasteiger partial charge in [-0.15, -0.1) is 11.3 Å². The zero-order chi connectivity index (χ0) is 17.8. The number of hydrogen-bond acceptors (Lipinski definition) is 4. The molecule has 4 nitrogen and oxygen atoms in total. The fraction of sp³-hybridized carbons (Fsp3) is 0.158. The van der Waals surface area contributed by atoms with Gasteiger partial charge in [-0.1, -0.05) is 6.07 Å². The van der Waals surface area contributed by atoms with Crippen LogP contribution in [0.2, 0.25) is 0 Å². The highest BCUT2D eigenvalue weighted by Gasteiger charge is 2.08. The van der Waals surface area contributed by atoms with Gasteiger partial charge in [0.2, 0.25) is 0 Å². The summed E-state index contributed by atoms with van der Waals surface area (Å²) >= 11 is 3.86. The molecule has 0 saturated carbocycles. The van der Waals surface area contributed by atoms with Gasteiger partial charge in [0.25, 0.3) is 5.91 Å². The largest absolute Gasteiger partial charge is 0.487 e. The first-order valence-electron chi connectivity index (χ1n) is 7.72. The van der Waals surface area contributed by atoms with Gasteiger partial charge in [0.1, 0.15) is 12.4 Å². The van der Waals surface area contributed by atoms with Crippen molar-refractivity contribution in [3.8, 4) is 5.75 Å². The number of hydrogen-bond donors (Lipinski definition) is 1. The molecule has 1 heterocycles. The molecule has 0 unspecified atom stereocenters. The molecule has 0 aliphatic rings. The second-order valence-electron chi connectivity index (χ2n) is 5.59. The number of amides is 1. The summed E-state index contributed by atoms with van der Waals surface area (Å²) in [6, 6.07) is 13.0. The predicted molar refractivity (Wildman–Crippen MR) is 109 cm³/mol. The van der Waals surface area contributed by atoms with Gasteiger partial charge >= 0.3 is 0 Å². The summed E-state index contributed by atoms with van der Waals surface area (Å²) in [5, 5.41) is 5.92. The molecular formula is C19H17IN2O2S. The third-order valence-electron chi connectivity index (χ3n) is 3.60. The molecule has 0 aliphatic heterocycles.